The Kier molecular flexibility index (Phi) is 7.61. The fourth-order valence-electron chi connectivity index (χ4n) is 3.19. The maximum Gasteiger partial charge on any atom is 0.269 e. The van der Waals surface area contributed by atoms with Crippen LogP contribution in [0.1, 0.15) is 59.0 Å². The van der Waals surface area contributed by atoms with Gasteiger partial charge >= 0.3 is 0 Å². The maximum absolute atomic E-state index is 12.5. The quantitative estimate of drug-likeness (QED) is 0.486. The third-order valence-electron chi connectivity index (χ3n) is 5.22. The molecule has 3 amide bonds. The van der Waals surface area contributed by atoms with Crippen LogP contribution < -0.4 is 16.2 Å². The Morgan fingerprint density at radius 1 is 0.697 bits per heavy atom. The number of carbonyl (C=O) groups is 3. The van der Waals surface area contributed by atoms with Crippen LogP contribution >= 0.6 is 0 Å². The summed E-state index contributed by atoms with van der Waals surface area (Å²) in [4.78, 5) is 36.7. The van der Waals surface area contributed by atoms with Gasteiger partial charge in [-0.1, -0.05) is 63.2 Å². The van der Waals surface area contributed by atoms with Gasteiger partial charge in [0.1, 0.15) is 0 Å². The molecule has 0 atom stereocenters. The Morgan fingerprint density at radius 2 is 1.27 bits per heavy atom. The lowest BCUT2D eigenvalue weighted by molar-refractivity contribution is -0.121. The van der Waals surface area contributed by atoms with Crippen molar-refractivity contribution in [2.45, 2.75) is 39.0 Å². The van der Waals surface area contributed by atoms with Crippen LogP contribution in [-0.4, -0.2) is 17.7 Å². The van der Waals surface area contributed by atoms with E-state index in [4.69, 9.17) is 0 Å². The monoisotopic (exact) mass is 443 g/mol. The molecule has 3 rings (SSSR count). The first kappa shape index (κ1) is 23.7. The number of aryl methyl sites for hydroxylation is 1. The van der Waals surface area contributed by atoms with E-state index in [1.807, 2.05) is 42.5 Å². The Morgan fingerprint density at radius 3 is 1.88 bits per heavy atom. The largest absolute Gasteiger partial charge is 0.322 e. The Hall–Kier alpha value is -3.93. The second-order valence-corrected chi connectivity index (χ2v) is 8.85. The average molecular weight is 444 g/mol. The number of rotatable bonds is 6. The topological polar surface area (TPSA) is 87.3 Å². The lowest BCUT2D eigenvalue weighted by Gasteiger charge is -2.19. The minimum Gasteiger partial charge on any atom is -0.322 e. The van der Waals surface area contributed by atoms with Crippen molar-refractivity contribution < 1.29 is 14.4 Å². The predicted octanol–water partition coefficient (Wildman–Crippen LogP) is 4.63. The van der Waals surface area contributed by atoms with Crippen LogP contribution in [0.15, 0.2) is 78.9 Å². The van der Waals surface area contributed by atoms with Gasteiger partial charge in [0, 0.05) is 23.2 Å². The highest BCUT2D eigenvalue weighted by atomic mass is 16.2. The van der Waals surface area contributed by atoms with Crippen LogP contribution in [0.25, 0.3) is 0 Å². The molecule has 3 N–H and O–H groups in total. The van der Waals surface area contributed by atoms with Crippen LogP contribution in [0.5, 0.6) is 0 Å². The smallest absolute Gasteiger partial charge is 0.269 e. The Bertz CT molecular complexity index is 1100. The number of nitrogens with one attached hydrogen (secondary N) is 3. The predicted molar refractivity (Wildman–Crippen MR) is 130 cm³/mol. The normalized spacial score (nSPS) is 10.9. The molecule has 0 bridgehead atoms. The van der Waals surface area contributed by atoms with E-state index in [-0.39, 0.29) is 23.7 Å². The van der Waals surface area contributed by atoms with Gasteiger partial charge in [0.2, 0.25) is 5.91 Å². The molecule has 3 aromatic rings. The van der Waals surface area contributed by atoms with Crippen molar-refractivity contribution in [1.82, 2.24) is 10.9 Å². The molecule has 170 valence electrons. The van der Waals surface area contributed by atoms with Crippen molar-refractivity contribution in [1.29, 1.82) is 0 Å². The molecule has 6 nitrogen and oxygen atoms in total. The minimum atomic E-state index is -0.432. The average Bonchev–Trinajstić information content (AvgIpc) is 2.82. The molecule has 0 unspecified atom stereocenters. The molecule has 3 aromatic carbocycles. The molecule has 0 radical (unpaired) electrons. The van der Waals surface area contributed by atoms with E-state index in [9.17, 15) is 14.4 Å². The summed E-state index contributed by atoms with van der Waals surface area (Å²) in [5.74, 6) is -0.925. The molecular formula is C27H29N3O3. The van der Waals surface area contributed by atoms with E-state index in [1.54, 1.807) is 36.4 Å². The van der Waals surface area contributed by atoms with Crippen LogP contribution in [0.2, 0.25) is 0 Å². The van der Waals surface area contributed by atoms with Crippen LogP contribution in [0, 0.1) is 0 Å². The molecule has 0 aliphatic carbocycles. The molecule has 0 aromatic heterocycles. The van der Waals surface area contributed by atoms with Gasteiger partial charge in [0.05, 0.1) is 0 Å². The second kappa shape index (κ2) is 10.6. The zero-order valence-electron chi connectivity index (χ0n) is 19.1. The van der Waals surface area contributed by atoms with Crippen molar-refractivity contribution in [2.24, 2.45) is 0 Å². The van der Waals surface area contributed by atoms with Gasteiger partial charge in [-0.25, -0.2) is 0 Å². The zero-order valence-corrected chi connectivity index (χ0v) is 19.1. The molecule has 0 fully saturated rings. The lowest BCUT2D eigenvalue weighted by atomic mass is 9.87. The highest BCUT2D eigenvalue weighted by Crippen LogP contribution is 2.22. The van der Waals surface area contributed by atoms with Crippen LogP contribution in [-0.2, 0) is 16.6 Å². The molecule has 6 heteroatoms. The number of hydrazine groups is 1. The van der Waals surface area contributed by atoms with Gasteiger partial charge in [-0.2, -0.15) is 0 Å². The summed E-state index contributed by atoms with van der Waals surface area (Å²) in [6.45, 7) is 6.36. The summed E-state index contributed by atoms with van der Waals surface area (Å²) >= 11 is 0. The van der Waals surface area contributed by atoms with Gasteiger partial charge in [-0.05, 0) is 59.4 Å². The van der Waals surface area contributed by atoms with Crippen molar-refractivity contribution >= 4 is 23.4 Å². The first-order valence-corrected chi connectivity index (χ1v) is 10.9. The Balaban J connectivity index is 1.48. The number of amides is 3. The van der Waals surface area contributed by atoms with E-state index < -0.39 is 5.91 Å². The summed E-state index contributed by atoms with van der Waals surface area (Å²) < 4.78 is 0. The van der Waals surface area contributed by atoms with E-state index in [0.717, 1.165) is 11.1 Å². The second-order valence-electron chi connectivity index (χ2n) is 8.85. The summed E-state index contributed by atoms with van der Waals surface area (Å²) in [6, 6.07) is 23.6. The van der Waals surface area contributed by atoms with Crippen molar-refractivity contribution in [3.05, 3.63) is 101 Å². The third kappa shape index (κ3) is 7.04. The van der Waals surface area contributed by atoms with Crippen molar-refractivity contribution in [2.75, 3.05) is 5.32 Å². The van der Waals surface area contributed by atoms with Gasteiger partial charge in [0.15, 0.2) is 0 Å². The highest BCUT2D eigenvalue weighted by Gasteiger charge is 2.14. The Labute approximate surface area is 194 Å². The molecule has 0 saturated heterocycles. The fraction of sp³-hybridized carbons (Fsp3) is 0.222. The molecule has 33 heavy (non-hydrogen) atoms. The maximum atomic E-state index is 12.5. The standard InChI is InChI=1S/C27H29N3O3/c1-27(2,3)22-14-10-20(11-15-22)25(32)28-23-16-12-21(13-17-23)26(33)30-29-24(31)18-9-19-7-5-4-6-8-19/h4-8,10-17H,9,18H2,1-3H3,(H,28,32)(H,29,31)(H,30,33). The summed E-state index contributed by atoms with van der Waals surface area (Å²) in [5.41, 5.74) is 8.57. The van der Waals surface area contributed by atoms with Gasteiger partial charge in [-0.15, -0.1) is 0 Å². The molecular weight excluding hydrogens is 414 g/mol. The molecule has 0 aliphatic rings. The van der Waals surface area contributed by atoms with Gasteiger partial charge < -0.3 is 5.32 Å². The number of hydrogen-bond acceptors (Lipinski definition) is 3. The lowest BCUT2D eigenvalue weighted by Crippen LogP contribution is -2.41. The number of carbonyl (C=O) groups excluding carboxylic acids is 3. The summed E-state index contributed by atoms with van der Waals surface area (Å²) in [6.07, 6.45) is 0.863. The van der Waals surface area contributed by atoms with E-state index in [2.05, 4.69) is 36.9 Å². The van der Waals surface area contributed by atoms with Crippen molar-refractivity contribution in [3.63, 3.8) is 0 Å². The van der Waals surface area contributed by atoms with Gasteiger partial charge in [-0.3, -0.25) is 25.2 Å². The SMILES string of the molecule is CC(C)(C)c1ccc(C(=O)Nc2ccc(C(=O)NNC(=O)CCc3ccccc3)cc2)cc1. The number of benzene rings is 3. The summed E-state index contributed by atoms with van der Waals surface area (Å²) in [5, 5.41) is 2.82. The highest BCUT2D eigenvalue weighted by molar-refractivity contribution is 6.04. The molecule has 0 aliphatic heterocycles. The first-order chi connectivity index (χ1) is 15.7. The van der Waals surface area contributed by atoms with Gasteiger partial charge in [0.25, 0.3) is 11.8 Å². The van der Waals surface area contributed by atoms with Crippen molar-refractivity contribution in [3.8, 4) is 0 Å². The number of hydrogen-bond donors (Lipinski definition) is 3. The molecule has 0 saturated carbocycles. The van der Waals surface area contributed by atoms with E-state index >= 15 is 0 Å². The van der Waals surface area contributed by atoms with E-state index in [1.165, 1.54) is 0 Å². The van der Waals surface area contributed by atoms with Crippen LogP contribution in [0.4, 0.5) is 5.69 Å². The summed E-state index contributed by atoms with van der Waals surface area (Å²) in [7, 11) is 0. The molecule has 0 heterocycles. The molecule has 0 spiro atoms. The fourth-order valence-corrected chi connectivity index (χ4v) is 3.19. The zero-order chi connectivity index (χ0) is 23.8. The van der Waals surface area contributed by atoms with E-state index in [0.29, 0.717) is 23.2 Å². The number of anilines is 1. The minimum absolute atomic E-state index is 0.0206. The third-order valence-corrected chi connectivity index (χ3v) is 5.22. The first-order valence-electron chi connectivity index (χ1n) is 10.9. The van der Waals surface area contributed by atoms with Crippen LogP contribution in [0.3, 0.4) is 0 Å².